The molecule has 5 aliphatic rings. The quantitative estimate of drug-likeness (QED) is 0.584. The Labute approximate surface area is 211 Å². The molecule has 0 spiro atoms. The van der Waals surface area contributed by atoms with Crippen molar-refractivity contribution in [3.05, 3.63) is 24.3 Å². The molecule has 6 nitrogen and oxygen atoms in total. The van der Waals surface area contributed by atoms with Gasteiger partial charge in [-0.15, -0.1) is 0 Å². The molecule has 6 atom stereocenters. The van der Waals surface area contributed by atoms with Crippen molar-refractivity contribution in [2.75, 3.05) is 44.2 Å². The van der Waals surface area contributed by atoms with Crippen molar-refractivity contribution in [3.63, 3.8) is 0 Å². The SMILES string of the molecule is O=C1[C@@H]2[C@@H]3CCC(C3)[C@@H]2C(=O)N1C[C@@H]1CCCC[C@@H]1CN1CCN(c2nsc3ccccc23)CC1. The minimum atomic E-state index is 0.0261. The largest absolute Gasteiger partial charge is 0.353 e. The van der Waals surface area contributed by atoms with Gasteiger partial charge in [0, 0.05) is 44.7 Å². The average Bonchev–Trinajstić information content (AvgIpc) is 3.66. The lowest BCUT2D eigenvalue weighted by molar-refractivity contribution is -0.142. The molecule has 186 valence electrons. The number of imide groups is 1. The first kappa shape index (κ1) is 22.2. The molecule has 1 unspecified atom stereocenters. The topological polar surface area (TPSA) is 56.8 Å². The van der Waals surface area contributed by atoms with Gasteiger partial charge in [-0.2, -0.15) is 4.37 Å². The summed E-state index contributed by atoms with van der Waals surface area (Å²) in [4.78, 5) is 33.4. The molecular weight excluding hydrogens is 456 g/mol. The van der Waals surface area contributed by atoms with Gasteiger partial charge in [0.2, 0.25) is 11.8 Å². The number of likely N-dealkylation sites (tertiary alicyclic amines) is 1. The Balaban J connectivity index is 0.986. The fourth-order valence-electron chi connectivity index (χ4n) is 8.22. The molecule has 3 aliphatic carbocycles. The molecule has 35 heavy (non-hydrogen) atoms. The lowest BCUT2D eigenvalue weighted by Gasteiger charge is -2.40. The molecule has 2 amide bonds. The number of hydrogen-bond donors (Lipinski definition) is 0. The van der Waals surface area contributed by atoms with Crippen molar-refractivity contribution in [1.82, 2.24) is 14.2 Å². The van der Waals surface area contributed by atoms with E-state index < -0.39 is 0 Å². The van der Waals surface area contributed by atoms with Crippen LogP contribution >= 0.6 is 11.5 Å². The molecular formula is C28H36N4O2S. The molecule has 2 aromatic rings. The summed E-state index contributed by atoms with van der Waals surface area (Å²) in [6.07, 6.45) is 8.35. The normalized spacial score (nSPS) is 35.4. The van der Waals surface area contributed by atoms with Crippen molar-refractivity contribution in [2.45, 2.75) is 44.9 Å². The molecule has 3 saturated carbocycles. The minimum Gasteiger partial charge on any atom is -0.353 e. The summed E-state index contributed by atoms with van der Waals surface area (Å²) in [5, 5.41) is 1.27. The monoisotopic (exact) mass is 492 g/mol. The Hall–Kier alpha value is -1.99. The summed E-state index contributed by atoms with van der Waals surface area (Å²) >= 11 is 1.60. The Morgan fingerprint density at radius 1 is 0.829 bits per heavy atom. The van der Waals surface area contributed by atoms with E-state index in [9.17, 15) is 9.59 Å². The summed E-state index contributed by atoms with van der Waals surface area (Å²) < 4.78 is 6.02. The van der Waals surface area contributed by atoms with Gasteiger partial charge in [0.05, 0.1) is 16.5 Å². The van der Waals surface area contributed by atoms with E-state index >= 15 is 0 Å². The van der Waals surface area contributed by atoms with E-state index in [1.807, 2.05) is 0 Å². The van der Waals surface area contributed by atoms with Crippen LogP contribution in [0.4, 0.5) is 5.82 Å². The number of aromatic nitrogens is 1. The van der Waals surface area contributed by atoms with Crippen LogP contribution in [-0.2, 0) is 9.59 Å². The first-order valence-corrected chi connectivity index (χ1v) is 14.6. The highest BCUT2D eigenvalue weighted by molar-refractivity contribution is 7.13. The van der Waals surface area contributed by atoms with Crippen molar-refractivity contribution in [3.8, 4) is 0 Å². The molecule has 0 radical (unpaired) electrons. The van der Waals surface area contributed by atoms with Gasteiger partial charge in [0.1, 0.15) is 5.82 Å². The molecule has 7 rings (SSSR count). The number of rotatable bonds is 5. The van der Waals surface area contributed by atoms with Crippen molar-refractivity contribution < 1.29 is 9.59 Å². The smallest absolute Gasteiger partial charge is 0.233 e. The van der Waals surface area contributed by atoms with E-state index in [0.717, 1.165) is 64.2 Å². The number of piperazine rings is 1. The average molecular weight is 493 g/mol. The van der Waals surface area contributed by atoms with Crippen LogP contribution < -0.4 is 4.90 Å². The van der Waals surface area contributed by atoms with Gasteiger partial charge in [-0.05, 0) is 79.4 Å². The van der Waals surface area contributed by atoms with Gasteiger partial charge in [-0.25, -0.2) is 0 Å². The zero-order chi connectivity index (χ0) is 23.5. The van der Waals surface area contributed by atoms with Crippen molar-refractivity contribution >= 4 is 39.3 Å². The summed E-state index contributed by atoms with van der Waals surface area (Å²) in [7, 11) is 0. The first-order valence-electron chi connectivity index (χ1n) is 13.8. The fraction of sp³-hybridized carbons (Fsp3) is 0.679. The fourth-order valence-corrected chi connectivity index (χ4v) is 9.02. The van der Waals surface area contributed by atoms with E-state index in [0.29, 0.717) is 30.2 Å². The molecule has 1 aromatic carbocycles. The Kier molecular flexibility index (Phi) is 5.61. The summed E-state index contributed by atoms with van der Waals surface area (Å²) in [5.41, 5.74) is 0. The second kappa shape index (κ2) is 8.84. The van der Waals surface area contributed by atoms with E-state index in [-0.39, 0.29) is 23.7 Å². The molecule has 3 heterocycles. The molecule has 7 heteroatoms. The Morgan fingerprint density at radius 2 is 1.49 bits per heavy atom. The van der Waals surface area contributed by atoms with Gasteiger partial charge < -0.3 is 4.90 Å². The standard InChI is InChI=1S/C28H36N4O2S/c33-27-24-18-9-10-19(15-18)25(24)28(34)32(27)17-21-6-2-1-5-20(21)16-30-11-13-31(14-12-30)26-22-7-3-4-8-23(22)35-29-26/h3-4,7-8,18-21,24-25H,1-2,5-6,9-17H2/t18-,19?,20-,21+,24-,25+/m1/s1. The highest BCUT2D eigenvalue weighted by atomic mass is 32.1. The lowest BCUT2D eigenvalue weighted by Crippen LogP contribution is -2.49. The van der Waals surface area contributed by atoms with E-state index in [1.54, 1.807) is 16.4 Å². The number of amides is 2. The highest BCUT2D eigenvalue weighted by Crippen LogP contribution is 2.56. The van der Waals surface area contributed by atoms with E-state index in [1.165, 1.54) is 29.3 Å². The lowest BCUT2D eigenvalue weighted by atomic mass is 9.78. The second-order valence-corrected chi connectivity index (χ2v) is 12.6. The van der Waals surface area contributed by atoms with Crippen LogP contribution in [0, 0.1) is 35.5 Å². The van der Waals surface area contributed by atoms with Gasteiger partial charge >= 0.3 is 0 Å². The maximum atomic E-state index is 13.3. The number of hydrogen-bond acceptors (Lipinski definition) is 6. The van der Waals surface area contributed by atoms with Crippen molar-refractivity contribution in [2.24, 2.45) is 35.5 Å². The molecule has 2 saturated heterocycles. The van der Waals surface area contributed by atoms with Crippen LogP contribution in [0.1, 0.15) is 44.9 Å². The first-order chi connectivity index (χ1) is 17.2. The molecule has 0 N–H and O–H groups in total. The molecule has 1 aromatic heterocycles. The minimum absolute atomic E-state index is 0.0261. The third-order valence-electron chi connectivity index (χ3n) is 10.0. The predicted molar refractivity (Wildman–Crippen MR) is 138 cm³/mol. The third kappa shape index (κ3) is 3.72. The number of carbonyl (C=O) groups is 2. The van der Waals surface area contributed by atoms with Crippen molar-refractivity contribution in [1.29, 1.82) is 0 Å². The second-order valence-electron chi connectivity index (χ2n) is 11.8. The maximum Gasteiger partial charge on any atom is 0.233 e. The van der Waals surface area contributed by atoms with Gasteiger partial charge in [0.15, 0.2) is 0 Å². The maximum absolute atomic E-state index is 13.3. The van der Waals surface area contributed by atoms with Crippen LogP contribution in [0.15, 0.2) is 24.3 Å². The van der Waals surface area contributed by atoms with Gasteiger partial charge in [-0.3, -0.25) is 19.4 Å². The zero-order valence-electron chi connectivity index (χ0n) is 20.5. The number of carbonyl (C=O) groups excluding carboxylic acids is 2. The van der Waals surface area contributed by atoms with Crippen LogP contribution in [0.3, 0.4) is 0 Å². The number of benzene rings is 1. The Morgan fingerprint density at radius 3 is 2.20 bits per heavy atom. The van der Waals surface area contributed by atoms with Gasteiger partial charge in [-0.1, -0.05) is 25.0 Å². The molecule has 5 fully saturated rings. The molecule has 2 bridgehead atoms. The van der Waals surface area contributed by atoms with E-state index in [2.05, 4.69) is 34.1 Å². The van der Waals surface area contributed by atoms with Crippen LogP contribution in [-0.4, -0.2) is 65.3 Å². The zero-order valence-corrected chi connectivity index (χ0v) is 21.3. The summed E-state index contributed by atoms with van der Waals surface area (Å²) in [6.45, 7) is 5.93. The van der Waals surface area contributed by atoms with Crippen LogP contribution in [0.25, 0.3) is 10.1 Å². The Bertz CT molecular complexity index is 1100. The third-order valence-corrected chi connectivity index (χ3v) is 10.8. The number of anilines is 1. The van der Waals surface area contributed by atoms with E-state index in [4.69, 9.17) is 4.37 Å². The summed E-state index contributed by atoms with van der Waals surface area (Å²) in [5.74, 6) is 3.59. The summed E-state index contributed by atoms with van der Waals surface area (Å²) in [6, 6.07) is 8.54. The molecule has 2 aliphatic heterocycles. The van der Waals surface area contributed by atoms with Gasteiger partial charge in [0.25, 0.3) is 0 Å². The van der Waals surface area contributed by atoms with Crippen LogP contribution in [0.2, 0.25) is 0 Å². The predicted octanol–water partition coefficient (Wildman–Crippen LogP) is 4.26. The highest BCUT2D eigenvalue weighted by Gasteiger charge is 2.61. The van der Waals surface area contributed by atoms with Crippen LogP contribution in [0.5, 0.6) is 0 Å². The number of fused-ring (bicyclic) bond motifs is 6. The number of nitrogens with zero attached hydrogens (tertiary/aromatic N) is 4.